The molecule has 1 aromatic heterocycles. The molecule has 0 fully saturated rings. The molecule has 2 atom stereocenters. The Bertz CT molecular complexity index is 1350. The standard InChI is InChI=1S/C34H44FN5O/c1-5-8-11-26(10-6-2)24-41-34-37-31-23-39(32-13-9-12-27-21-28(35)14-15-29(27)32)20-17-30(31)33(38-34)40(19-7-3)22-25(4)16-18-36/h6,9,12-15,21,25-26H,2,5,7-8,10-11,16-17,19-20,22-24H2,1,3-4H3/t25?,26-/m0/s1. The number of hydrogen-bond donors (Lipinski definition) is 0. The van der Waals surface area contributed by atoms with Crippen molar-refractivity contribution in [3.8, 4) is 12.1 Å². The number of halogens is 1. The van der Waals surface area contributed by atoms with Gasteiger partial charge in [-0.05, 0) is 67.2 Å². The molecular weight excluding hydrogens is 513 g/mol. The van der Waals surface area contributed by atoms with Crippen LogP contribution in [0.1, 0.15) is 70.6 Å². The molecule has 1 unspecified atom stereocenters. The molecule has 3 aromatic rings. The van der Waals surface area contributed by atoms with Crippen LogP contribution < -0.4 is 14.5 Å². The van der Waals surface area contributed by atoms with E-state index in [0.717, 1.165) is 91.7 Å². The van der Waals surface area contributed by atoms with Crippen molar-refractivity contribution in [1.29, 1.82) is 5.26 Å². The molecule has 1 aliphatic heterocycles. The number of hydrogen-bond acceptors (Lipinski definition) is 6. The van der Waals surface area contributed by atoms with E-state index < -0.39 is 0 Å². The average Bonchev–Trinajstić information content (AvgIpc) is 2.97. The Morgan fingerprint density at radius 2 is 2.07 bits per heavy atom. The van der Waals surface area contributed by atoms with E-state index in [2.05, 4.69) is 49.3 Å². The van der Waals surface area contributed by atoms with Gasteiger partial charge in [0.05, 0.1) is 24.9 Å². The zero-order valence-corrected chi connectivity index (χ0v) is 24.9. The minimum Gasteiger partial charge on any atom is -0.463 e. The molecule has 0 aliphatic carbocycles. The van der Waals surface area contributed by atoms with Crippen molar-refractivity contribution >= 4 is 22.3 Å². The summed E-state index contributed by atoms with van der Waals surface area (Å²) >= 11 is 0. The molecule has 0 saturated heterocycles. The van der Waals surface area contributed by atoms with Crippen LogP contribution >= 0.6 is 0 Å². The van der Waals surface area contributed by atoms with Gasteiger partial charge >= 0.3 is 6.01 Å². The van der Waals surface area contributed by atoms with Crippen molar-refractivity contribution in [3.63, 3.8) is 0 Å². The fourth-order valence-corrected chi connectivity index (χ4v) is 5.77. The van der Waals surface area contributed by atoms with Gasteiger partial charge in [-0.2, -0.15) is 15.2 Å². The highest BCUT2D eigenvalue weighted by Gasteiger charge is 2.27. The molecule has 6 nitrogen and oxygen atoms in total. The minimum atomic E-state index is -0.229. The molecule has 41 heavy (non-hydrogen) atoms. The Hall–Kier alpha value is -3.66. The van der Waals surface area contributed by atoms with Crippen LogP contribution in [0.25, 0.3) is 10.8 Å². The topological polar surface area (TPSA) is 65.3 Å². The van der Waals surface area contributed by atoms with Gasteiger partial charge in [-0.1, -0.05) is 51.8 Å². The predicted molar refractivity (Wildman–Crippen MR) is 166 cm³/mol. The largest absolute Gasteiger partial charge is 0.463 e. The highest BCUT2D eigenvalue weighted by atomic mass is 19.1. The molecule has 0 saturated carbocycles. The van der Waals surface area contributed by atoms with Gasteiger partial charge in [-0.15, -0.1) is 6.58 Å². The monoisotopic (exact) mass is 557 g/mol. The SMILES string of the molecule is C=CC[C@@H](CCCC)COc1nc2c(c(N(CCC)CC(C)CC#N)n1)CCN(c1cccc3cc(F)ccc13)C2. The second kappa shape index (κ2) is 14.8. The summed E-state index contributed by atoms with van der Waals surface area (Å²) in [6, 6.07) is 13.8. The molecule has 4 rings (SSSR count). The van der Waals surface area contributed by atoms with Crippen molar-refractivity contribution in [2.24, 2.45) is 11.8 Å². The van der Waals surface area contributed by atoms with E-state index in [1.54, 1.807) is 6.07 Å². The summed E-state index contributed by atoms with van der Waals surface area (Å²) in [6.07, 6.45) is 8.55. The van der Waals surface area contributed by atoms with E-state index in [0.29, 0.717) is 31.5 Å². The van der Waals surface area contributed by atoms with Gasteiger partial charge in [0.2, 0.25) is 0 Å². The number of fused-ring (bicyclic) bond motifs is 2. The number of aromatic nitrogens is 2. The average molecular weight is 558 g/mol. The molecule has 1 aliphatic rings. The number of benzene rings is 2. The Kier molecular flexibility index (Phi) is 11.0. The number of ether oxygens (including phenoxy) is 1. The van der Waals surface area contributed by atoms with E-state index in [4.69, 9.17) is 14.7 Å². The van der Waals surface area contributed by atoms with E-state index in [9.17, 15) is 9.65 Å². The van der Waals surface area contributed by atoms with Gasteiger partial charge < -0.3 is 14.5 Å². The van der Waals surface area contributed by atoms with Crippen LogP contribution in [0.15, 0.2) is 49.1 Å². The first-order chi connectivity index (χ1) is 20.0. The van der Waals surface area contributed by atoms with E-state index in [-0.39, 0.29) is 11.7 Å². The minimum absolute atomic E-state index is 0.226. The lowest BCUT2D eigenvalue weighted by Gasteiger charge is -2.35. The summed E-state index contributed by atoms with van der Waals surface area (Å²) in [7, 11) is 0. The van der Waals surface area contributed by atoms with Gasteiger partial charge in [-0.25, -0.2) is 4.39 Å². The van der Waals surface area contributed by atoms with Gasteiger partial charge in [0.1, 0.15) is 11.6 Å². The third kappa shape index (κ3) is 7.75. The van der Waals surface area contributed by atoms with Gasteiger partial charge in [0, 0.05) is 42.7 Å². The van der Waals surface area contributed by atoms with Crippen molar-refractivity contribution in [1.82, 2.24) is 9.97 Å². The third-order valence-electron chi connectivity index (χ3n) is 7.86. The second-order valence-corrected chi connectivity index (χ2v) is 11.3. The lowest BCUT2D eigenvalue weighted by Crippen LogP contribution is -2.36. The van der Waals surface area contributed by atoms with Crippen molar-refractivity contribution in [2.75, 3.05) is 36.0 Å². The summed E-state index contributed by atoms with van der Waals surface area (Å²) in [5.74, 6) is 1.31. The number of allylic oxidation sites excluding steroid dienone is 1. The first-order valence-corrected chi connectivity index (χ1v) is 15.2. The lowest BCUT2D eigenvalue weighted by molar-refractivity contribution is 0.221. The highest BCUT2D eigenvalue weighted by Crippen LogP contribution is 2.35. The second-order valence-electron chi connectivity index (χ2n) is 11.3. The first-order valence-electron chi connectivity index (χ1n) is 15.2. The maximum absolute atomic E-state index is 13.9. The Labute approximate surface area is 244 Å². The highest BCUT2D eigenvalue weighted by molar-refractivity contribution is 5.94. The van der Waals surface area contributed by atoms with Crippen LogP contribution in [-0.2, 0) is 13.0 Å². The summed E-state index contributed by atoms with van der Waals surface area (Å²) in [5, 5.41) is 11.2. The molecule has 2 aromatic carbocycles. The van der Waals surface area contributed by atoms with Crippen LogP contribution in [-0.4, -0.2) is 36.2 Å². The zero-order valence-electron chi connectivity index (χ0n) is 24.9. The van der Waals surface area contributed by atoms with Crippen LogP contribution in [0.4, 0.5) is 15.9 Å². The molecular formula is C34H44FN5O. The lowest BCUT2D eigenvalue weighted by atomic mass is 9.99. The fourth-order valence-electron chi connectivity index (χ4n) is 5.77. The maximum atomic E-state index is 13.9. The third-order valence-corrected chi connectivity index (χ3v) is 7.86. The molecule has 0 spiro atoms. The number of unbranched alkanes of at least 4 members (excludes halogenated alkanes) is 1. The van der Waals surface area contributed by atoms with Crippen molar-refractivity contribution in [2.45, 2.75) is 72.3 Å². The van der Waals surface area contributed by atoms with Crippen LogP contribution in [0.3, 0.4) is 0 Å². The Balaban J connectivity index is 1.69. The number of nitriles is 1. The fraction of sp³-hybridized carbons (Fsp3) is 0.500. The number of anilines is 2. The maximum Gasteiger partial charge on any atom is 0.318 e. The number of rotatable bonds is 15. The van der Waals surface area contributed by atoms with Crippen molar-refractivity contribution in [3.05, 3.63) is 66.1 Å². The molecule has 0 bridgehead atoms. The first kappa shape index (κ1) is 30.3. The molecule has 0 amide bonds. The van der Waals surface area contributed by atoms with E-state index >= 15 is 0 Å². The number of nitrogens with zero attached hydrogens (tertiary/aromatic N) is 5. The molecule has 2 heterocycles. The van der Waals surface area contributed by atoms with Gasteiger partial charge in [-0.3, -0.25) is 0 Å². The summed E-state index contributed by atoms with van der Waals surface area (Å²) < 4.78 is 20.3. The van der Waals surface area contributed by atoms with E-state index in [1.165, 1.54) is 6.07 Å². The van der Waals surface area contributed by atoms with Gasteiger partial charge in [0.25, 0.3) is 0 Å². The Morgan fingerprint density at radius 1 is 1.22 bits per heavy atom. The normalized spacial score (nSPS) is 14.3. The predicted octanol–water partition coefficient (Wildman–Crippen LogP) is 7.86. The smallest absolute Gasteiger partial charge is 0.318 e. The summed E-state index contributed by atoms with van der Waals surface area (Å²) in [6.45, 7) is 14.0. The summed E-state index contributed by atoms with van der Waals surface area (Å²) in [5.41, 5.74) is 3.21. The summed E-state index contributed by atoms with van der Waals surface area (Å²) in [4.78, 5) is 14.6. The molecule has 7 heteroatoms. The van der Waals surface area contributed by atoms with Gasteiger partial charge in [0.15, 0.2) is 0 Å². The van der Waals surface area contributed by atoms with Crippen molar-refractivity contribution < 1.29 is 9.13 Å². The zero-order chi connectivity index (χ0) is 29.2. The van der Waals surface area contributed by atoms with E-state index in [1.807, 2.05) is 24.3 Å². The van der Waals surface area contributed by atoms with Crippen LogP contribution in [0, 0.1) is 29.0 Å². The molecule has 0 radical (unpaired) electrons. The Morgan fingerprint density at radius 3 is 2.83 bits per heavy atom. The van der Waals surface area contributed by atoms with Crippen LogP contribution in [0.2, 0.25) is 0 Å². The molecule has 218 valence electrons. The quantitative estimate of drug-likeness (QED) is 0.177. The van der Waals surface area contributed by atoms with Crippen LogP contribution in [0.5, 0.6) is 6.01 Å². The molecule has 0 N–H and O–H groups in total.